The van der Waals surface area contributed by atoms with E-state index >= 15 is 0 Å². The molecule has 1 aromatic carbocycles. The third kappa shape index (κ3) is 4.41. The van der Waals surface area contributed by atoms with Crippen LogP contribution in [-0.4, -0.2) is 35.2 Å². The van der Waals surface area contributed by atoms with Gasteiger partial charge in [0.2, 0.25) is 0 Å². The third-order valence-electron chi connectivity index (χ3n) is 3.36. The summed E-state index contributed by atoms with van der Waals surface area (Å²) < 4.78 is 5.30. The lowest BCUT2D eigenvalue weighted by Crippen LogP contribution is -2.45. The summed E-state index contributed by atoms with van der Waals surface area (Å²) in [6.07, 6.45) is 0. The van der Waals surface area contributed by atoms with Crippen LogP contribution >= 0.6 is 11.8 Å². The maximum Gasteiger partial charge on any atom is 0.338 e. The first-order valence-electron chi connectivity index (χ1n) is 7.35. The second-order valence-corrected chi connectivity index (χ2v) is 6.39. The summed E-state index contributed by atoms with van der Waals surface area (Å²) in [5.41, 5.74) is 1.42. The van der Waals surface area contributed by atoms with E-state index in [9.17, 15) is 14.7 Å². The zero-order valence-electron chi connectivity index (χ0n) is 13.1. The van der Waals surface area contributed by atoms with Gasteiger partial charge in [-0.2, -0.15) is 11.8 Å². The molecule has 2 rings (SSSR count). The Morgan fingerprint density at radius 3 is 2.91 bits per heavy atom. The standard InChI is InChI=1S/C16H20N2O4S/c1-3-23-8-7-22-15(20)13-10(2)17-16(21)18-14(13)11-5-4-6-12(19)9-11/h4-6,9,14,19H,3,7-8H2,1-2H3,(H2,17,18,21). The highest BCUT2D eigenvalue weighted by molar-refractivity contribution is 7.99. The van der Waals surface area contributed by atoms with Crippen molar-refractivity contribution in [2.24, 2.45) is 0 Å². The van der Waals surface area contributed by atoms with Crippen molar-refractivity contribution in [3.05, 3.63) is 41.1 Å². The Kier molecular flexibility index (Phi) is 5.92. The molecule has 1 unspecified atom stereocenters. The van der Waals surface area contributed by atoms with Gasteiger partial charge in [0.15, 0.2) is 0 Å². The number of ether oxygens (including phenoxy) is 1. The van der Waals surface area contributed by atoms with E-state index in [4.69, 9.17) is 4.74 Å². The second-order valence-electron chi connectivity index (χ2n) is 5.00. The van der Waals surface area contributed by atoms with E-state index in [1.807, 2.05) is 6.92 Å². The van der Waals surface area contributed by atoms with Crippen LogP contribution in [0.2, 0.25) is 0 Å². The molecule has 3 N–H and O–H groups in total. The van der Waals surface area contributed by atoms with Gasteiger partial charge in [-0.25, -0.2) is 9.59 Å². The molecule has 1 heterocycles. The van der Waals surface area contributed by atoms with Crippen LogP contribution in [0.25, 0.3) is 0 Å². The van der Waals surface area contributed by atoms with Crippen molar-refractivity contribution < 1.29 is 19.4 Å². The number of phenols is 1. The lowest BCUT2D eigenvalue weighted by Gasteiger charge is -2.28. The van der Waals surface area contributed by atoms with E-state index in [0.29, 0.717) is 23.4 Å². The highest BCUT2D eigenvalue weighted by atomic mass is 32.2. The number of thioether (sulfide) groups is 1. The van der Waals surface area contributed by atoms with Crippen LogP contribution < -0.4 is 10.6 Å². The summed E-state index contributed by atoms with van der Waals surface area (Å²) in [6, 6.07) is 5.40. The Morgan fingerprint density at radius 1 is 1.43 bits per heavy atom. The van der Waals surface area contributed by atoms with E-state index in [0.717, 1.165) is 11.5 Å². The topological polar surface area (TPSA) is 87.7 Å². The summed E-state index contributed by atoms with van der Waals surface area (Å²) in [5, 5.41) is 14.9. The number of benzene rings is 1. The largest absolute Gasteiger partial charge is 0.508 e. The minimum absolute atomic E-state index is 0.0694. The maximum absolute atomic E-state index is 12.4. The molecule has 23 heavy (non-hydrogen) atoms. The van der Waals surface area contributed by atoms with Crippen LogP contribution in [0.3, 0.4) is 0 Å². The zero-order chi connectivity index (χ0) is 16.8. The fraction of sp³-hybridized carbons (Fsp3) is 0.375. The van der Waals surface area contributed by atoms with Crippen LogP contribution in [0, 0.1) is 0 Å². The number of rotatable bonds is 6. The van der Waals surface area contributed by atoms with Gasteiger partial charge in [-0.05, 0) is 30.4 Å². The molecule has 0 radical (unpaired) electrons. The SMILES string of the molecule is CCSCCOC(=O)C1=C(C)NC(=O)NC1c1cccc(O)c1. The van der Waals surface area contributed by atoms with Gasteiger partial charge in [0.1, 0.15) is 12.4 Å². The zero-order valence-corrected chi connectivity index (χ0v) is 13.9. The summed E-state index contributed by atoms with van der Waals surface area (Å²) in [5.74, 6) is 1.29. The summed E-state index contributed by atoms with van der Waals surface area (Å²) in [4.78, 5) is 24.1. The fourth-order valence-electron chi connectivity index (χ4n) is 2.33. The van der Waals surface area contributed by atoms with Gasteiger partial charge in [-0.1, -0.05) is 19.1 Å². The summed E-state index contributed by atoms with van der Waals surface area (Å²) in [6.45, 7) is 4.01. The Hall–Kier alpha value is -2.15. The molecule has 1 atom stereocenters. The summed E-state index contributed by atoms with van der Waals surface area (Å²) in [7, 11) is 0. The van der Waals surface area contributed by atoms with E-state index in [-0.39, 0.29) is 5.75 Å². The molecular weight excluding hydrogens is 316 g/mol. The first-order valence-corrected chi connectivity index (χ1v) is 8.50. The fourth-order valence-corrected chi connectivity index (χ4v) is 2.82. The number of aromatic hydroxyl groups is 1. The van der Waals surface area contributed by atoms with Crippen molar-refractivity contribution in [3.8, 4) is 5.75 Å². The number of carbonyl (C=O) groups is 2. The molecular formula is C16H20N2O4S. The molecule has 1 aromatic rings. The van der Waals surface area contributed by atoms with Crippen LogP contribution in [0.5, 0.6) is 5.75 Å². The first-order chi connectivity index (χ1) is 11.0. The molecule has 0 saturated carbocycles. The Labute approximate surface area is 139 Å². The number of urea groups is 1. The monoisotopic (exact) mass is 336 g/mol. The first kappa shape index (κ1) is 17.2. The number of carbonyl (C=O) groups excluding carboxylic acids is 2. The quantitative estimate of drug-likeness (QED) is 0.548. The van der Waals surface area contributed by atoms with Crippen LogP contribution in [-0.2, 0) is 9.53 Å². The lowest BCUT2D eigenvalue weighted by atomic mass is 9.95. The van der Waals surface area contributed by atoms with Gasteiger partial charge in [-0.3, -0.25) is 0 Å². The van der Waals surface area contributed by atoms with Crippen molar-refractivity contribution in [2.45, 2.75) is 19.9 Å². The van der Waals surface area contributed by atoms with Gasteiger partial charge in [0, 0.05) is 11.4 Å². The molecule has 0 spiro atoms. The van der Waals surface area contributed by atoms with Crippen molar-refractivity contribution >= 4 is 23.8 Å². The van der Waals surface area contributed by atoms with Crippen LogP contribution in [0.15, 0.2) is 35.5 Å². The van der Waals surface area contributed by atoms with Gasteiger partial charge < -0.3 is 20.5 Å². The second kappa shape index (κ2) is 7.92. The number of nitrogens with one attached hydrogen (secondary N) is 2. The number of esters is 1. The normalized spacial score (nSPS) is 17.5. The predicted molar refractivity (Wildman–Crippen MR) is 89.2 cm³/mol. The average Bonchev–Trinajstić information content (AvgIpc) is 2.50. The molecule has 0 aliphatic carbocycles. The van der Waals surface area contributed by atoms with Crippen molar-refractivity contribution in [2.75, 3.05) is 18.1 Å². The molecule has 1 aliphatic rings. The Bertz CT molecular complexity index is 630. The smallest absolute Gasteiger partial charge is 0.338 e. The molecule has 2 amide bonds. The molecule has 6 nitrogen and oxygen atoms in total. The van der Waals surface area contributed by atoms with Crippen molar-refractivity contribution in [1.82, 2.24) is 10.6 Å². The molecule has 1 aliphatic heterocycles. The van der Waals surface area contributed by atoms with Crippen LogP contribution in [0.4, 0.5) is 4.79 Å². The summed E-state index contributed by atoms with van der Waals surface area (Å²) >= 11 is 1.69. The third-order valence-corrected chi connectivity index (χ3v) is 4.22. The van der Waals surface area contributed by atoms with E-state index in [2.05, 4.69) is 10.6 Å². The highest BCUT2D eigenvalue weighted by Crippen LogP contribution is 2.29. The molecule has 7 heteroatoms. The molecule has 0 aromatic heterocycles. The minimum atomic E-state index is -0.651. The van der Waals surface area contributed by atoms with Gasteiger partial charge in [-0.15, -0.1) is 0 Å². The number of hydrogen-bond acceptors (Lipinski definition) is 5. The lowest BCUT2D eigenvalue weighted by molar-refractivity contribution is -0.138. The average molecular weight is 336 g/mol. The van der Waals surface area contributed by atoms with E-state index < -0.39 is 18.0 Å². The number of amides is 2. The maximum atomic E-state index is 12.4. The molecule has 0 fully saturated rings. The number of allylic oxidation sites excluding steroid dienone is 1. The predicted octanol–water partition coefficient (Wildman–Crippen LogP) is 2.32. The highest BCUT2D eigenvalue weighted by Gasteiger charge is 2.32. The van der Waals surface area contributed by atoms with Crippen molar-refractivity contribution in [3.63, 3.8) is 0 Å². The van der Waals surface area contributed by atoms with Gasteiger partial charge >= 0.3 is 12.0 Å². The van der Waals surface area contributed by atoms with Crippen LogP contribution in [0.1, 0.15) is 25.5 Å². The molecule has 0 bridgehead atoms. The van der Waals surface area contributed by atoms with Gasteiger partial charge in [0.05, 0.1) is 11.6 Å². The number of phenolic OH excluding ortho intramolecular Hbond substituents is 1. The molecule has 0 saturated heterocycles. The Morgan fingerprint density at radius 2 is 2.22 bits per heavy atom. The number of hydrogen-bond donors (Lipinski definition) is 3. The minimum Gasteiger partial charge on any atom is -0.508 e. The van der Waals surface area contributed by atoms with E-state index in [1.165, 1.54) is 12.1 Å². The van der Waals surface area contributed by atoms with Crippen molar-refractivity contribution in [1.29, 1.82) is 0 Å². The van der Waals surface area contributed by atoms with Gasteiger partial charge in [0.25, 0.3) is 0 Å². The van der Waals surface area contributed by atoms with E-state index in [1.54, 1.807) is 30.8 Å². The Balaban J connectivity index is 2.22. The molecule has 124 valence electrons.